The molecule has 0 N–H and O–H groups in total. The summed E-state index contributed by atoms with van der Waals surface area (Å²) in [6.07, 6.45) is 7.51. The van der Waals surface area contributed by atoms with Gasteiger partial charge in [-0.15, -0.1) is 5.73 Å². The van der Waals surface area contributed by atoms with Gasteiger partial charge in [-0.2, -0.15) is 0 Å². The van der Waals surface area contributed by atoms with Crippen LogP contribution in [0.2, 0.25) is 0 Å². The SMILES string of the molecule is C=C=C/C=C\C(C(=O)C=C)=C(/C)[S+](C)[O-]. The van der Waals surface area contributed by atoms with Crippen LogP contribution in [0.3, 0.4) is 0 Å². The maximum atomic E-state index is 11.4. The minimum absolute atomic E-state index is 0.239. The number of hydrogen-bond acceptors (Lipinski definition) is 2. The zero-order valence-electron chi connectivity index (χ0n) is 8.95. The molecular formula is C12H14O2S. The molecule has 0 saturated carbocycles. The zero-order valence-corrected chi connectivity index (χ0v) is 9.76. The summed E-state index contributed by atoms with van der Waals surface area (Å²) < 4.78 is 11.2. The van der Waals surface area contributed by atoms with Gasteiger partial charge in [0, 0.05) is 6.92 Å². The highest BCUT2D eigenvalue weighted by Gasteiger charge is 2.13. The molecular weight excluding hydrogens is 208 g/mol. The fourth-order valence-corrected chi connectivity index (χ4v) is 1.33. The Hall–Kier alpha value is -1.28. The van der Waals surface area contributed by atoms with Crippen molar-refractivity contribution in [2.45, 2.75) is 6.92 Å². The van der Waals surface area contributed by atoms with Gasteiger partial charge in [0.1, 0.15) is 11.2 Å². The third-order valence-electron chi connectivity index (χ3n) is 1.74. The van der Waals surface area contributed by atoms with Crippen molar-refractivity contribution in [3.05, 3.63) is 53.7 Å². The second-order valence-electron chi connectivity index (χ2n) is 2.72. The molecule has 1 atom stereocenters. The summed E-state index contributed by atoms with van der Waals surface area (Å²) in [5.41, 5.74) is 2.95. The molecule has 0 aromatic heterocycles. The molecule has 15 heavy (non-hydrogen) atoms. The molecule has 1 unspecified atom stereocenters. The molecule has 0 aliphatic carbocycles. The summed E-state index contributed by atoms with van der Waals surface area (Å²) in [5, 5.41) is 0. The van der Waals surface area contributed by atoms with E-state index in [1.165, 1.54) is 12.3 Å². The van der Waals surface area contributed by atoms with E-state index in [1.54, 1.807) is 25.2 Å². The van der Waals surface area contributed by atoms with Gasteiger partial charge in [0.25, 0.3) is 0 Å². The molecule has 0 aromatic rings. The fourth-order valence-electron chi connectivity index (χ4n) is 0.850. The van der Waals surface area contributed by atoms with E-state index in [0.717, 1.165) is 0 Å². The highest BCUT2D eigenvalue weighted by atomic mass is 32.2. The minimum Gasteiger partial charge on any atom is -0.612 e. The predicted octanol–water partition coefficient (Wildman–Crippen LogP) is 2.29. The van der Waals surface area contributed by atoms with Gasteiger partial charge in [-0.1, -0.05) is 19.2 Å². The van der Waals surface area contributed by atoms with Gasteiger partial charge >= 0.3 is 0 Å². The highest BCUT2D eigenvalue weighted by Crippen LogP contribution is 2.13. The van der Waals surface area contributed by atoms with E-state index < -0.39 is 11.2 Å². The standard InChI is InChI=1S/C12H14O2S/c1-5-7-8-9-11(12(13)6-2)10(3)15(4)14/h6-9H,1-2H2,3-4H3/b9-8-,11-10-. The molecule has 0 radical (unpaired) electrons. The van der Waals surface area contributed by atoms with Crippen molar-refractivity contribution in [3.8, 4) is 0 Å². The van der Waals surface area contributed by atoms with Crippen LogP contribution in [-0.2, 0) is 16.0 Å². The first-order chi connectivity index (χ1) is 7.04. The van der Waals surface area contributed by atoms with Crippen LogP contribution in [0.15, 0.2) is 53.7 Å². The van der Waals surface area contributed by atoms with Crippen LogP contribution in [0.5, 0.6) is 0 Å². The van der Waals surface area contributed by atoms with Crippen LogP contribution in [0, 0.1) is 0 Å². The Balaban J connectivity index is 5.23. The Morgan fingerprint density at radius 2 is 2.13 bits per heavy atom. The lowest BCUT2D eigenvalue weighted by Gasteiger charge is -2.06. The van der Waals surface area contributed by atoms with Crippen LogP contribution in [0.4, 0.5) is 0 Å². The summed E-state index contributed by atoms with van der Waals surface area (Å²) in [4.78, 5) is 12.0. The van der Waals surface area contributed by atoms with Gasteiger partial charge in [0.2, 0.25) is 0 Å². The van der Waals surface area contributed by atoms with E-state index in [-0.39, 0.29) is 5.78 Å². The van der Waals surface area contributed by atoms with Crippen molar-refractivity contribution in [2.75, 3.05) is 6.26 Å². The molecule has 0 fully saturated rings. The molecule has 0 heterocycles. The van der Waals surface area contributed by atoms with Crippen LogP contribution >= 0.6 is 0 Å². The Morgan fingerprint density at radius 3 is 2.53 bits per heavy atom. The Kier molecular flexibility index (Phi) is 6.47. The molecule has 80 valence electrons. The van der Waals surface area contributed by atoms with Crippen LogP contribution in [0.1, 0.15) is 6.92 Å². The zero-order chi connectivity index (χ0) is 11.8. The molecule has 0 amide bonds. The first-order valence-corrected chi connectivity index (χ1v) is 5.84. The smallest absolute Gasteiger partial charge is 0.189 e. The molecule has 0 saturated heterocycles. The normalized spacial score (nSPS) is 14.1. The minimum atomic E-state index is -1.16. The number of allylic oxidation sites excluding steroid dienone is 6. The Bertz CT molecular complexity index is 356. The number of carbonyl (C=O) groups excluding carboxylic acids is 1. The average Bonchev–Trinajstić information content (AvgIpc) is 2.22. The Morgan fingerprint density at radius 1 is 1.53 bits per heavy atom. The van der Waals surface area contributed by atoms with E-state index in [0.29, 0.717) is 10.5 Å². The number of hydrogen-bond donors (Lipinski definition) is 0. The summed E-state index contributed by atoms with van der Waals surface area (Å²) in [6.45, 7) is 8.45. The van der Waals surface area contributed by atoms with Crippen molar-refractivity contribution >= 4 is 17.0 Å². The summed E-state index contributed by atoms with van der Waals surface area (Å²) in [5.74, 6) is -0.239. The summed E-state index contributed by atoms with van der Waals surface area (Å²) in [6, 6.07) is 0. The average molecular weight is 222 g/mol. The summed E-state index contributed by atoms with van der Waals surface area (Å²) >= 11 is -1.16. The quantitative estimate of drug-likeness (QED) is 0.310. The molecule has 0 bridgehead atoms. The Labute approximate surface area is 93.6 Å². The lowest BCUT2D eigenvalue weighted by atomic mass is 10.1. The monoisotopic (exact) mass is 222 g/mol. The van der Waals surface area contributed by atoms with Gasteiger partial charge in [0.05, 0.1) is 5.57 Å². The molecule has 0 rings (SSSR count). The number of rotatable bonds is 5. The van der Waals surface area contributed by atoms with Gasteiger partial charge < -0.3 is 4.55 Å². The lowest BCUT2D eigenvalue weighted by molar-refractivity contribution is -0.111. The largest absolute Gasteiger partial charge is 0.612 e. The fraction of sp³-hybridized carbons (Fsp3) is 0.167. The molecule has 2 nitrogen and oxygen atoms in total. The molecule has 0 spiro atoms. The van der Waals surface area contributed by atoms with E-state index >= 15 is 0 Å². The van der Waals surface area contributed by atoms with E-state index in [2.05, 4.69) is 18.9 Å². The van der Waals surface area contributed by atoms with Crippen molar-refractivity contribution in [3.63, 3.8) is 0 Å². The van der Waals surface area contributed by atoms with Crippen molar-refractivity contribution in [1.82, 2.24) is 0 Å². The second-order valence-corrected chi connectivity index (χ2v) is 4.24. The van der Waals surface area contributed by atoms with Gasteiger partial charge in [-0.3, -0.25) is 4.79 Å². The van der Waals surface area contributed by atoms with Crippen molar-refractivity contribution in [1.29, 1.82) is 0 Å². The van der Waals surface area contributed by atoms with Crippen LogP contribution < -0.4 is 0 Å². The van der Waals surface area contributed by atoms with Gasteiger partial charge in [-0.05, 0) is 29.4 Å². The van der Waals surface area contributed by atoms with E-state index in [4.69, 9.17) is 0 Å². The third kappa shape index (κ3) is 4.66. The van der Waals surface area contributed by atoms with Crippen molar-refractivity contribution in [2.24, 2.45) is 0 Å². The number of ketones is 1. The molecule has 0 aliphatic rings. The van der Waals surface area contributed by atoms with Gasteiger partial charge in [0.15, 0.2) is 5.78 Å². The predicted molar refractivity (Wildman–Crippen MR) is 64.8 cm³/mol. The van der Waals surface area contributed by atoms with Gasteiger partial charge in [-0.25, -0.2) is 0 Å². The molecule has 3 heteroatoms. The second kappa shape index (κ2) is 7.07. The molecule has 0 aliphatic heterocycles. The first-order valence-electron chi connectivity index (χ1n) is 4.28. The van der Waals surface area contributed by atoms with Crippen molar-refractivity contribution < 1.29 is 9.35 Å². The highest BCUT2D eigenvalue weighted by molar-refractivity contribution is 7.94. The summed E-state index contributed by atoms with van der Waals surface area (Å²) in [7, 11) is 0. The maximum absolute atomic E-state index is 11.4. The van der Waals surface area contributed by atoms with E-state index in [1.807, 2.05) is 0 Å². The third-order valence-corrected chi connectivity index (χ3v) is 2.82. The topological polar surface area (TPSA) is 40.1 Å². The first kappa shape index (κ1) is 13.7. The van der Waals surface area contributed by atoms with E-state index in [9.17, 15) is 9.35 Å². The number of carbonyl (C=O) groups is 1. The lowest BCUT2D eigenvalue weighted by Crippen LogP contribution is -2.06. The van der Waals surface area contributed by atoms with Crippen LogP contribution in [0.25, 0.3) is 0 Å². The molecule has 0 aromatic carbocycles. The maximum Gasteiger partial charge on any atom is 0.189 e. The van der Waals surface area contributed by atoms with Crippen LogP contribution in [-0.4, -0.2) is 16.6 Å².